The molecule has 0 aromatic heterocycles. The van der Waals surface area contributed by atoms with E-state index >= 15 is 0 Å². The van der Waals surface area contributed by atoms with Crippen molar-refractivity contribution in [3.8, 4) is 0 Å². The second-order valence-electron chi connectivity index (χ2n) is 3.11. The number of carbonyl (C=O) groups excluding carboxylic acids is 1. The molecule has 0 aliphatic rings. The van der Waals surface area contributed by atoms with Crippen molar-refractivity contribution in [3.63, 3.8) is 0 Å². The van der Waals surface area contributed by atoms with Crippen LogP contribution in [-0.2, 0) is 0 Å². The zero-order valence-corrected chi connectivity index (χ0v) is 8.47. The van der Waals surface area contributed by atoms with Crippen LogP contribution < -0.4 is 0 Å². The van der Waals surface area contributed by atoms with Gasteiger partial charge in [0.15, 0.2) is 0 Å². The molecule has 0 unspecified atom stereocenters. The van der Waals surface area contributed by atoms with Gasteiger partial charge in [0.05, 0.1) is 13.2 Å². The quantitative estimate of drug-likeness (QED) is 0.723. The van der Waals surface area contributed by atoms with E-state index < -0.39 is 0 Å². The summed E-state index contributed by atoms with van der Waals surface area (Å²) < 4.78 is 0. The summed E-state index contributed by atoms with van der Waals surface area (Å²) in [6.45, 7) is 0.291. The van der Waals surface area contributed by atoms with Crippen LogP contribution in [0.3, 0.4) is 0 Å². The van der Waals surface area contributed by atoms with E-state index in [1.165, 1.54) is 4.90 Å². The van der Waals surface area contributed by atoms with E-state index in [-0.39, 0.29) is 32.2 Å². The molecule has 2 N–H and O–H groups in total. The molecule has 1 rings (SSSR count). The van der Waals surface area contributed by atoms with Gasteiger partial charge < -0.3 is 15.1 Å². The Bertz CT molecular complexity index is 294. The van der Waals surface area contributed by atoms with E-state index in [0.717, 1.165) is 0 Å². The van der Waals surface area contributed by atoms with Crippen LogP contribution in [0.5, 0.6) is 0 Å². The Morgan fingerprint density at radius 2 is 1.60 bits per heavy atom. The van der Waals surface area contributed by atoms with Crippen molar-refractivity contribution in [2.45, 2.75) is 0 Å². The highest BCUT2D eigenvalue weighted by Gasteiger charge is 2.13. The van der Waals surface area contributed by atoms with Crippen molar-refractivity contribution in [1.82, 2.24) is 4.90 Å². The van der Waals surface area contributed by atoms with Crippen molar-refractivity contribution in [2.24, 2.45) is 0 Å². The van der Waals surface area contributed by atoms with Crippen molar-refractivity contribution < 1.29 is 15.0 Å². The molecule has 15 heavy (non-hydrogen) atoms. The molecule has 0 saturated heterocycles. The maximum atomic E-state index is 11.8. The lowest BCUT2D eigenvalue weighted by molar-refractivity contribution is 0.0685. The summed E-state index contributed by atoms with van der Waals surface area (Å²) in [5.74, 6) is -0.168. The van der Waals surface area contributed by atoms with Gasteiger partial charge >= 0.3 is 0 Å². The van der Waals surface area contributed by atoms with Gasteiger partial charge in [0.1, 0.15) is 0 Å². The molecule has 1 aromatic carbocycles. The number of hydrogen-bond donors (Lipinski definition) is 2. The van der Waals surface area contributed by atoms with E-state index in [9.17, 15) is 4.79 Å². The van der Waals surface area contributed by atoms with Gasteiger partial charge in [0.25, 0.3) is 5.91 Å². The van der Waals surface area contributed by atoms with Crippen LogP contribution in [0, 0.1) is 0 Å². The van der Waals surface area contributed by atoms with Gasteiger partial charge in [0.2, 0.25) is 0 Å². The summed E-state index contributed by atoms with van der Waals surface area (Å²) in [7, 11) is 0. The van der Waals surface area contributed by atoms with E-state index in [0.29, 0.717) is 5.56 Å². The largest absolute Gasteiger partial charge is 0.395 e. The van der Waals surface area contributed by atoms with Gasteiger partial charge in [0, 0.05) is 18.7 Å². The summed E-state index contributed by atoms with van der Waals surface area (Å²) in [6.07, 6.45) is 0. The third-order valence-corrected chi connectivity index (χ3v) is 2.05. The van der Waals surface area contributed by atoms with Crippen LogP contribution >= 0.6 is 0 Å². The Kier molecular flexibility index (Phi) is 4.80. The standard InChI is InChI=1S/C11H15NO3/c13-8-6-12(7-9-14)11(15)10-4-2-1-3-5-10/h1-5,13-14H,6-9H2. The van der Waals surface area contributed by atoms with Gasteiger partial charge in [-0.05, 0) is 12.1 Å². The first-order chi connectivity index (χ1) is 7.29. The first kappa shape index (κ1) is 11.7. The summed E-state index contributed by atoms with van der Waals surface area (Å²) in [4.78, 5) is 13.3. The van der Waals surface area contributed by atoms with E-state index in [1.54, 1.807) is 24.3 Å². The number of aliphatic hydroxyl groups is 2. The molecule has 0 bridgehead atoms. The minimum Gasteiger partial charge on any atom is -0.395 e. The number of rotatable bonds is 5. The Hall–Kier alpha value is -1.39. The molecule has 0 aliphatic carbocycles. The molecule has 0 atom stereocenters. The predicted molar refractivity (Wildman–Crippen MR) is 56.5 cm³/mol. The van der Waals surface area contributed by atoms with Crippen molar-refractivity contribution in [3.05, 3.63) is 35.9 Å². The summed E-state index contributed by atoms with van der Waals surface area (Å²) in [5, 5.41) is 17.6. The van der Waals surface area contributed by atoms with Gasteiger partial charge in [-0.1, -0.05) is 18.2 Å². The number of nitrogens with zero attached hydrogens (tertiary/aromatic N) is 1. The second kappa shape index (κ2) is 6.16. The van der Waals surface area contributed by atoms with Gasteiger partial charge in [-0.2, -0.15) is 0 Å². The third-order valence-electron chi connectivity index (χ3n) is 2.05. The van der Waals surface area contributed by atoms with Crippen LogP contribution in [0.15, 0.2) is 30.3 Å². The minimum atomic E-state index is -0.168. The molecular formula is C11H15NO3. The molecule has 4 heteroatoms. The molecule has 4 nitrogen and oxygen atoms in total. The highest BCUT2D eigenvalue weighted by Crippen LogP contribution is 2.03. The number of carbonyl (C=O) groups is 1. The molecule has 0 aliphatic heterocycles. The van der Waals surface area contributed by atoms with Crippen molar-refractivity contribution in [2.75, 3.05) is 26.3 Å². The fourth-order valence-electron chi connectivity index (χ4n) is 1.32. The Morgan fingerprint density at radius 1 is 1.07 bits per heavy atom. The zero-order chi connectivity index (χ0) is 11.1. The number of aliphatic hydroxyl groups excluding tert-OH is 2. The van der Waals surface area contributed by atoms with Gasteiger partial charge in [-0.15, -0.1) is 0 Å². The number of benzene rings is 1. The normalized spacial score (nSPS) is 10.0. The molecule has 0 saturated carbocycles. The maximum Gasteiger partial charge on any atom is 0.254 e. The summed E-state index contributed by atoms with van der Waals surface area (Å²) in [6, 6.07) is 8.82. The van der Waals surface area contributed by atoms with E-state index in [1.807, 2.05) is 6.07 Å². The maximum absolute atomic E-state index is 11.8. The predicted octanol–water partition coefficient (Wildman–Crippen LogP) is 0.113. The smallest absolute Gasteiger partial charge is 0.254 e. The van der Waals surface area contributed by atoms with E-state index in [2.05, 4.69) is 0 Å². The Morgan fingerprint density at radius 3 is 2.07 bits per heavy atom. The minimum absolute atomic E-state index is 0.0986. The molecule has 1 amide bonds. The number of amides is 1. The lowest BCUT2D eigenvalue weighted by Crippen LogP contribution is -2.35. The summed E-state index contributed by atoms with van der Waals surface area (Å²) in [5.41, 5.74) is 0.569. The van der Waals surface area contributed by atoms with Crippen LogP contribution in [0.2, 0.25) is 0 Å². The second-order valence-corrected chi connectivity index (χ2v) is 3.11. The first-order valence-corrected chi connectivity index (χ1v) is 4.85. The lowest BCUT2D eigenvalue weighted by atomic mass is 10.2. The fourth-order valence-corrected chi connectivity index (χ4v) is 1.32. The Balaban J connectivity index is 2.71. The van der Waals surface area contributed by atoms with Crippen LogP contribution in [0.4, 0.5) is 0 Å². The highest BCUT2D eigenvalue weighted by atomic mass is 16.3. The van der Waals surface area contributed by atoms with Crippen molar-refractivity contribution in [1.29, 1.82) is 0 Å². The van der Waals surface area contributed by atoms with E-state index in [4.69, 9.17) is 10.2 Å². The average Bonchev–Trinajstić information content (AvgIpc) is 2.29. The molecule has 0 radical (unpaired) electrons. The van der Waals surface area contributed by atoms with Crippen LogP contribution in [0.25, 0.3) is 0 Å². The van der Waals surface area contributed by atoms with Gasteiger partial charge in [-0.25, -0.2) is 0 Å². The molecule has 0 fully saturated rings. The summed E-state index contributed by atoms with van der Waals surface area (Å²) >= 11 is 0. The lowest BCUT2D eigenvalue weighted by Gasteiger charge is -2.20. The van der Waals surface area contributed by atoms with Crippen molar-refractivity contribution >= 4 is 5.91 Å². The first-order valence-electron chi connectivity index (χ1n) is 4.85. The molecule has 0 spiro atoms. The highest BCUT2D eigenvalue weighted by molar-refractivity contribution is 5.94. The molecular weight excluding hydrogens is 194 g/mol. The number of hydrogen-bond acceptors (Lipinski definition) is 3. The molecule has 0 heterocycles. The zero-order valence-electron chi connectivity index (χ0n) is 8.47. The van der Waals surface area contributed by atoms with Crippen LogP contribution in [-0.4, -0.2) is 47.3 Å². The van der Waals surface area contributed by atoms with Crippen LogP contribution in [0.1, 0.15) is 10.4 Å². The fraction of sp³-hybridized carbons (Fsp3) is 0.364. The topological polar surface area (TPSA) is 60.8 Å². The monoisotopic (exact) mass is 209 g/mol. The molecule has 1 aromatic rings. The van der Waals surface area contributed by atoms with Gasteiger partial charge in [-0.3, -0.25) is 4.79 Å². The molecule has 82 valence electrons. The average molecular weight is 209 g/mol. The third kappa shape index (κ3) is 3.34. The SMILES string of the molecule is O=C(c1ccccc1)N(CCO)CCO. The Labute approximate surface area is 88.8 Å².